The highest BCUT2D eigenvalue weighted by Gasteiger charge is 2.31. The predicted octanol–water partition coefficient (Wildman–Crippen LogP) is 3.04. The van der Waals surface area contributed by atoms with Gasteiger partial charge < -0.3 is 13.9 Å². The van der Waals surface area contributed by atoms with Crippen LogP contribution in [0.2, 0.25) is 0 Å². The van der Waals surface area contributed by atoms with Gasteiger partial charge >= 0.3 is 5.97 Å². The van der Waals surface area contributed by atoms with Crippen LogP contribution in [0.15, 0.2) is 28.7 Å². The molecule has 5 heteroatoms. The second-order valence-electron chi connectivity index (χ2n) is 5.51. The topological polar surface area (TPSA) is 60.7 Å². The number of carbonyl (C=O) groups is 1. The van der Waals surface area contributed by atoms with Crippen molar-refractivity contribution in [3.8, 4) is 5.75 Å². The fraction of sp³-hybridized carbons (Fsp3) is 0.438. The number of hydrogen-bond donors (Lipinski definition) is 1. The third-order valence-corrected chi connectivity index (χ3v) is 3.45. The Labute approximate surface area is 124 Å². The summed E-state index contributed by atoms with van der Waals surface area (Å²) in [6.45, 7) is 5.49. The van der Waals surface area contributed by atoms with E-state index in [0.29, 0.717) is 11.3 Å². The van der Waals surface area contributed by atoms with Crippen molar-refractivity contribution >= 4 is 16.9 Å². The molecule has 114 valence electrons. The lowest BCUT2D eigenvalue weighted by atomic mass is 10.0. The maximum atomic E-state index is 11.7. The van der Waals surface area contributed by atoms with Gasteiger partial charge in [-0.2, -0.15) is 0 Å². The molecule has 1 atom stereocenters. The minimum Gasteiger partial charge on any atom is -0.493 e. The number of methoxy groups -OCH3 is 2. The number of carbonyl (C=O) groups excluding carboxylic acids is 1. The van der Waals surface area contributed by atoms with E-state index in [9.17, 15) is 4.79 Å². The first-order valence-electron chi connectivity index (χ1n) is 6.81. The van der Waals surface area contributed by atoms with Crippen molar-refractivity contribution in [2.24, 2.45) is 0 Å². The van der Waals surface area contributed by atoms with Gasteiger partial charge in [-0.15, -0.1) is 0 Å². The summed E-state index contributed by atoms with van der Waals surface area (Å²) in [6, 6.07) is 7.53. The summed E-state index contributed by atoms with van der Waals surface area (Å²) >= 11 is 0. The molecule has 2 aromatic rings. The second-order valence-corrected chi connectivity index (χ2v) is 5.51. The number of para-hydroxylation sites is 1. The summed E-state index contributed by atoms with van der Waals surface area (Å²) in [5, 5.41) is 4.18. The maximum Gasteiger partial charge on any atom is 0.325 e. The van der Waals surface area contributed by atoms with Crippen LogP contribution in [0.25, 0.3) is 11.0 Å². The van der Waals surface area contributed by atoms with Crippen LogP contribution in [-0.4, -0.2) is 25.7 Å². The SMILES string of the molecule is COC(=O)C(C)(C)NC(C)c1cc2cccc(OC)c2o1. The molecule has 0 saturated carbocycles. The largest absolute Gasteiger partial charge is 0.493 e. The number of esters is 1. The van der Waals surface area contributed by atoms with Crippen molar-refractivity contribution < 1.29 is 18.7 Å². The lowest BCUT2D eigenvalue weighted by Crippen LogP contribution is -2.48. The molecule has 2 rings (SSSR count). The van der Waals surface area contributed by atoms with E-state index in [2.05, 4.69) is 5.32 Å². The van der Waals surface area contributed by atoms with E-state index < -0.39 is 5.54 Å². The van der Waals surface area contributed by atoms with E-state index >= 15 is 0 Å². The molecule has 0 aliphatic heterocycles. The smallest absolute Gasteiger partial charge is 0.325 e. The zero-order valence-corrected chi connectivity index (χ0v) is 13.0. The third-order valence-electron chi connectivity index (χ3n) is 3.45. The maximum absolute atomic E-state index is 11.7. The van der Waals surface area contributed by atoms with Crippen LogP contribution in [0.5, 0.6) is 5.75 Å². The average molecular weight is 291 g/mol. The van der Waals surface area contributed by atoms with Crippen LogP contribution < -0.4 is 10.1 Å². The minimum atomic E-state index is -0.794. The fourth-order valence-electron chi connectivity index (χ4n) is 2.36. The van der Waals surface area contributed by atoms with Crippen molar-refractivity contribution in [3.05, 3.63) is 30.0 Å². The quantitative estimate of drug-likeness (QED) is 0.858. The van der Waals surface area contributed by atoms with Crippen LogP contribution in [0.4, 0.5) is 0 Å². The summed E-state index contributed by atoms with van der Waals surface area (Å²) < 4.78 is 16.0. The molecule has 1 aromatic heterocycles. The number of nitrogens with one attached hydrogen (secondary N) is 1. The molecule has 0 fully saturated rings. The Morgan fingerprint density at radius 1 is 1.33 bits per heavy atom. The van der Waals surface area contributed by atoms with Crippen molar-refractivity contribution in [1.82, 2.24) is 5.32 Å². The monoisotopic (exact) mass is 291 g/mol. The first kappa shape index (κ1) is 15.4. The van der Waals surface area contributed by atoms with Crippen molar-refractivity contribution in [3.63, 3.8) is 0 Å². The van der Waals surface area contributed by atoms with Gasteiger partial charge in [0.2, 0.25) is 0 Å². The normalized spacial score (nSPS) is 13.2. The molecule has 0 saturated heterocycles. The molecule has 5 nitrogen and oxygen atoms in total. The van der Waals surface area contributed by atoms with Gasteiger partial charge in [-0.05, 0) is 32.9 Å². The van der Waals surface area contributed by atoms with E-state index in [1.807, 2.05) is 31.2 Å². The Morgan fingerprint density at radius 3 is 2.67 bits per heavy atom. The average Bonchev–Trinajstić information content (AvgIpc) is 2.89. The molecule has 0 amide bonds. The number of furan rings is 1. The number of hydrogen-bond acceptors (Lipinski definition) is 5. The van der Waals surface area contributed by atoms with Crippen molar-refractivity contribution in [1.29, 1.82) is 0 Å². The Balaban J connectivity index is 2.28. The standard InChI is InChI=1S/C16H21NO4/c1-10(17-16(2,3)15(18)20-5)13-9-11-7-6-8-12(19-4)14(11)21-13/h6-10,17H,1-5H3. The molecule has 1 aromatic carbocycles. The Bertz CT molecular complexity index is 645. The van der Waals surface area contributed by atoms with Crippen LogP contribution in [0, 0.1) is 0 Å². The molecule has 21 heavy (non-hydrogen) atoms. The highest BCUT2D eigenvalue weighted by Crippen LogP contribution is 2.31. The second kappa shape index (κ2) is 5.77. The molecule has 0 spiro atoms. The van der Waals surface area contributed by atoms with E-state index in [4.69, 9.17) is 13.9 Å². The van der Waals surface area contributed by atoms with Gasteiger partial charge in [-0.1, -0.05) is 12.1 Å². The minimum absolute atomic E-state index is 0.142. The highest BCUT2D eigenvalue weighted by molar-refractivity contribution is 5.84. The van der Waals surface area contributed by atoms with Gasteiger partial charge in [0.1, 0.15) is 11.3 Å². The van der Waals surface area contributed by atoms with Crippen molar-refractivity contribution in [2.45, 2.75) is 32.4 Å². The molecule has 0 radical (unpaired) electrons. The lowest BCUT2D eigenvalue weighted by molar-refractivity contribution is -0.147. The highest BCUT2D eigenvalue weighted by atomic mass is 16.5. The van der Waals surface area contributed by atoms with Crippen LogP contribution in [0.3, 0.4) is 0 Å². The molecule has 0 aliphatic rings. The summed E-state index contributed by atoms with van der Waals surface area (Å²) in [5.74, 6) is 1.12. The lowest BCUT2D eigenvalue weighted by Gasteiger charge is -2.26. The molecule has 1 heterocycles. The van der Waals surface area contributed by atoms with Gasteiger partial charge in [0.15, 0.2) is 11.3 Å². The van der Waals surface area contributed by atoms with Gasteiger partial charge in [0.05, 0.1) is 20.3 Å². The van der Waals surface area contributed by atoms with E-state index in [1.54, 1.807) is 21.0 Å². The van der Waals surface area contributed by atoms with E-state index in [-0.39, 0.29) is 12.0 Å². The predicted molar refractivity (Wildman–Crippen MR) is 80.4 cm³/mol. The zero-order valence-electron chi connectivity index (χ0n) is 13.0. The third kappa shape index (κ3) is 3.03. The zero-order chi connectivity index (χ0) is 15.6. The van der Waals surface area contributed by atoms with Gasteiger partial charge in [0.25, 0.3) is 0 Å². The molecular weight excluding hydrogens is 270 g/mol. The van der Waals surface area contributed by atoms with E-state index in [1.165, 1.54) is 7.11 Å². The van der Waals surface area contributed by atoms with Crippen LogP contribution in [-0.2, 0) is 9.53 Å². The summed E-state index contributed by atoms with van der Waals surface area (Å²) in [7, 11) is 2.99. The first-order chi connectivity index (χ1) is 9.89. The number of rotatable bonds is 5. The summed E-state index contributed by atoms with van der Waals surface area (Å²) in [6.07, 6.45) is 0. The fourth-order valence-corrected chi connectivity index (χ4v) is 2.36. The molecule has 0 aliphatic carbocycles. The van der Waals surface area contributed by atoms with Crippen LogP contribution >= 0.6 is 0 Å². The summed E-state index contributed by atoms with van der Waals surface area (Å²) in [4.78, 5) is 11.7. The van der Waals surface area contributed by atoms with Crippen molar-refractivity contribution in [2.75, 3.05) is 14.2 Å². The van der Waals surface area contributed by atoms with Gasteiger partial charge in [0, 0.05) is 5.39 Å². The molecule has 1 unspecified atom stereocenters. The Kier molecular flexibility index (Phi) is 4.23. The van der Waals surface area contributed by atoms with Gasteiger partial charge in [-0.3, -0.25) is 10.1 Å². The number of ether oxygens (including phenoxy) is 2. The molecule has 0 bridgehead atoms. The Hall–Kier alpha value is -2.01. The van der Waals surface area contributed by atoms with Gasteiger partial charge in [-0.25, -0.2) is 0 Å². The molecule has 1 N–H and O–H groups in total. The number of benzene rings is 1. The van der Waals surface area contributed by atoms with E-state index in [0.717, 1.165) is 11.1 Å². The Morgan fingerprint density at radius 2 is 2.05 bits per heavy atom. The first-order valence-corrected chi connectivity index (χ1v) is 6.81. The molecular formula is C16H21NO4. The summed E-state index contributed by atoms with van der Waals surface area (Å²) in [5.41, 5.74) is -0.0865. The van der Waals surface area contributed by atoms with Crippen LogP contribution in [0.1, 0.15) is 32.6 Å². The number of fused-ring (bicyclic) bond motifs is 1.